The average molecular weight is 336 g/mol. The van der Waals surface area contributed by atoms with E-state index >= 15 is 0 Å². The number of benzene rings is 2. The van der Waals surface area contributed by atoms with Gasteiger partial charge in [0.2, 0.25) is 5.91 Å². The summed E-state index contributed by atoms with van der Waals surface area (Å²) in [5, 5.41) is 5.98. The van der Waals surface area contributed by atoms with Crippen LogP contribution in [0.2, 0.25) is 0 Å². The first-order valence-corrected chi connectivity index (χ1v) is 7.45. The summed E-state index contributed by atoms with van der Waals surface area (Å²) in [6.45, 7) is 5.65. The first-order valence-electron chi connectivity index (χ1n) is 7.45. The van der Waals surface area contributed by atoms with Gasteiger partial charge >= 0.3 is 6.18 Å². The summed E-state index contributed by atoms with van der Waals surface area (Å²) in [7, 11) is 0. The van der Waals surface area contributed by atoms with Gasteiger partial charge in [0.05, 0.1) is 5.56 Å². The molecule has 0 bridgehead atoms. The lowest BCUT2D eigenvalue weighted by Gasteiger charge is -2.14. The van der Waals surface area contributed by atoms with Gasteiger partial charge in [-0.2, -0.15) is 13.2 Å². The molecule has 2 aromatic carbocycles. The summed E-state index contributed by atoms with van der Waals surface area (Å²) in [5.74, 6) is -0.133. The van der Waals surface area contributed by atoms with Crippen LogP contribution >= 0.6 is 0 Å². The van der Waals surface area contributed by atoms with Crippen LogP contribution in [-0.2, 0) is 17.5 Å². The molecule has 0 saturated carbocycles. The quantitative estimate of drug-likeness (QED) is 0.834. The second kappa shape index (κ2) is 6.95. The highest BCUT2D eigenvalue weighted by atomic mass is 19.4. The number of amides is 1. The van der Waals surface area contributed by atoms with Gasteiger partial charge in [0.25, 0.3) is 0 Å². The molecule has 1 amide bonds. The number of halogens is 3. The van der Waals surface area contributed by atoms with E-state index in [9.17, 15) is 18.0 Å². The lowest BCUT2D eigenvalue weighted by molar-refractivity contribution is -0.137. The molecule has 0 fully saturated rings. The number of rotatable bonds is 4. The van der Waals surface area contributed by atoms with Crippen molar-refractivity contribution in [3.05, 3.63) is 58.7 Å². The smallest absolute Gasteiger partial charge is 0.381 e. The molecule has 3 nitrogen and oxygen atoms in total. The minimum absolute atomic E-state index is 0.133. The molecule has 0 atom stereocenters. The summed E-state index contributed by atoms with van der Waals surface area (Å²) in [6.07, 6.45) is -4.32. The highest BCUT2D eigenvalue weighted by Crippen LogP contribution is 2.29. The maximum atomic E-state index is 12.5. The average Bonchev–Trinajstić information content (AvgIpc) is 2.48. The predicted octanol–water partition coefficient (Wildman–Crippen LogP) is 4.89. The van der Waals surface area contributed by atoms with E-state index in [0.717, 1.165) is 40.2 Å². The Morgan fingerprint density at radius 1 is 1.04 bits per heavy atom. The molecule has 2 N–H and O–H groups in total. The number of hydrogen-bond acceptors (Lipinski definition) is 2. The van der Waals surface area contributed by atoms with Crippen molar-refractivity contribution >= 4 is 17.3 Å². The lowest BCUT2D eigenvalue weighted by Crippen LogP contribution is -2.09. The Kier molecular flexibility index (Phi) is 5.17. The maximum Gasteiger partial charge on any atom is 0.416 e. The zero-order valence-electron chi connectivity index (χ0n) is 13.7. The molecule has 2 rings (SSSR count). The van der Waals surface area contributed by atoms with Gasteiger partial charge in [0, 0.05) is 24.8 Å². The number of alkyl halides is 3. The molecule has 0 heterocycles. The summed E-state index contributed by atoms with van der Waals surface area (Å²) in [4.78, 5) is 11.2. The van der Waals surface area contributed by atoms with Crippen molar-refractivity contribution in [2.75, 3.05) is 10.6 Å². The number of nitrogens with one attached hydrogen (secondary N) is 2. The number of aryl methyl sites for hydroxylation is 2. The number of hydrogen-bond donors (Lipinski definition) is 2. The molecule has 0 aliphatic carbocycles. The van der Waals surface area contributed by atoms with Crippen molar-refractivity contribution in [2.24, 2.45) is 0 Å². The van der Waals surface area contributed by atoms with Crippen LogP contribution in [0.4, 0.5) is 24.5 Å². The number of carbonyl (C=O) groups is 1. The molecular weight excluding hydrogens is 317 g/mol. The minimum Gasteiger partial charge on any atom is -0.381 e. The SMILES string of the molecule is CC(=O)Nc1c(C)cc(NCc2ccc(C(F)(F)F)cc2)cc1C. The topological polar surface area (TPSA) is 41.1 Å². The van der Waals surface area contributed by atoms with Crippen molar-refractivity contribution < 1.29 is 18.0 Å². The second-order valence-corrected chi connectivity index (χ2v) is 5.71. The third kappa shape index (κ3) is 4.50. The molecule has 0 aromatic heterocycles. The van der Waals surface area contributed by atoms with Gasteiger partial charge in [0.1, 0.15) is 0 Å². The highest BCUT2D eigenvalue weighted by Gasteiger charge is 2.29. The van der Waals surface area contributed by atoms with Gasteiger partial charge in [-0.15, -0.1) is 0 Å². The van der Waals surface area contributed by atoms with Gasteiger partial charge < -0.3 is 10.6 Å². The molecule has 0 unspecified atom stereocenters. The van der Waals surface area contributed by atoms with Crippen LogP contribution in [0, 0.1) is 13.8 Å². The summed E-state index contributed by atoms with van der Waals surface area (Å²) in [5.41, 5.74) is 3.56. The van der Waals surface area contributed by atoms with E-state index in [2.05, 4.69) is 10.6 Å². The van der Waals surface area contributed by atoms with Gasteiger partial charge in [0.15, 0.2) is 0 Å². The highest BCUT2D eigenvalue weighted by molar-refractivity contribution is 5.90. The zero-order valence-corrected chi connectivity index (χ0v) is 13.7. The van der Waals surface area contributed by atoms with Crippen molar-refractivity contribution in [1.82, 2.24) is 0 Å². The molecule has 0 spiro atoms. The van der Waals surface area contributed by atoms with E-state index in [1.54, 1.807) is 0 Å². The third-order valence-electron chi connectivity index (χ3n) is 3.61. The molecule has 2 aromatic rings. The Bertz CT molecular complexity index is 714. The van der Waals surface area contributed by atoms with Gasteiger partial charge in [-0.05, 0) is 54.8 Å². The van der Waals surface area contributed by atoms with E-state index in [4.69, 9.17) is 0 Å². The molecule has 0 aliphatic heterocycles. The van der Waals surface area contributed by atoms with Gasteiger partial charge in [-0.25, -0.2) is 0 Å². The third-order valence-corrected chi connectivity index (χ3v) is 3.61. The van der Waals surface area contributed by atoms with E-state index in [-0.39, 0.29) is 5.91 Å². The van der Waals surface area contributed by atoms with Crippen LogP contribution in [0.25, 0.3) is 0 Å². The van der Waals surface area contributed by atoms with E-state index in [0.29, 0.717) is 6.54 Å². The Balaban J connectivity index is 2.08. The van der Waals surface area contributed by atoms with Crippen molar-refractivity contribution in [3.8, 4) is 0 Å². The van der Waals surface area contributed by atoms with Crippen LogP contribution in [-0.4, -0.2) is 5.91 Å². The van der Waals surface area contributed by atoms with Crippen LogP contribution in [0.3, 0.4) is 0 Å². The molecule has 6 heteroatoms. The zero-order chi connectivity index (χ0) is 17.9. The second-order valence-electron chi connectivity index (χ2n) is 5.71. The van der Waals surface area contributed by atoms with Crippen molar-refractivity contribution in [2.45, 2.75) is 33.5 Å². The monoisotopic (exact) mass is 336 g/mol. The van der Waals surface area contributed by atoms with Crippen molar-refractivity contribution in [3.63, 3.8) is 0 Å². The Morgan fingerprint density at radius 3 is 2.04 bits per heavy atom. The van der Waals surface area contributed by atoms with Gasteiger partial charge in [-0.3, -0.25) is 4.79 Å². The number of anilines is 2. The van der Waals surface area contributed by atoms with E-state index < -0.39 is 11.7 Å². The molecule has 128 valence electrons. The Labute approximate surface area is 138 Å². The van der Waals surface area contributed by atoms with Gasteiger partial charge in [-0.1, -0.05) is 12.1 Å². The molecule has 0 saturated heterocycles. The predicted molar refractivity (Wildman–Crippen MR) is 89.0 cm³/mol. The fourth-order valence-electron chi connectivity index (χ4n) is 2.45. The Hall–Kier alpha value is -2.50. The summed E-state index contributed by atoms with van der Waals surface area (Å²) < 4.78 is 37.6. The lowest BCUT2D eigenvalue weighted by atomic mass is 10.1. The first kappa shape index (κ1) is 17.8. The van der Waals surface area contributed by atoms with E-state index in [1.165, 1.54) is 19.1 Å². The molecule has 0 aliphatic rings. The summed E-state index contributed by atoms with van der Waals surface area (Å²) in [6, 6.07) is 8.86. The standard InChI is InChI=1S/C18H19F3N2O/c1-11-8-16(9-12(2)17(11)23-13(3)24)22-10-14-4-6-15(7-5-14)18(19,20)21/h4-9,22H,10H2,1-3H3,(H,23,24). The largest absolute Gasteiger partial charge is 0.416 e. The molecule has 24 heavy (non-hydrogen) atoms. The number of carbonyl (C=O) groups excluding carboxylic acids is 1. The first-order chi connectivity index (χ1) is 11.2. The fourth-order valence-corrected chi connectivity index (χ4v) is 2.45. The maximum absolute atomic E-state index is 12.5. The van der Waals surface area contributed by atoms with Crippen LogP contribution in [0.1, 0.15) is 29.2 Å². The van der Waals surface area contributed by atoms with Crippen LogP contribution < -0.4 is 10.6 Å². The molecular formula is C18H19F3N2O. The Morgan fingerprint density at radius 2 is 1.58 bits per heavy atom. The minimum atomic E-state index is -4.32. The van der Waals surface area contributed by atoms with Crippen molar-refractivity contribution in [1.29, 1.82) is 0 Å². The molecule has 0 radical (unpaired) electrons. The summed E-state index contributed by atoms with van der Waals surface area (Å²) >= 11 is 0. The van der Waals surface area contributed by atoms with E-state index in [1.807, 2.05) is 26.0 Å². The van der Waals surface area contributed by atoms with Crippen LogP contribution in [0.15, 0.2) is 36.4 Å². The van der Waals surface area contributed by atoms with Crippen LogP contribution in [0.5, 0.6) is 0 Å². The normalized spacial score (nSPS) is 11.2. The fraction of sp³-hybridized carbons (Fsp3) is 0.278.